The van der Waals surface area contributed by atoms with Crippen molar-refractivity contribution in [1.29, 1.82) is 0 Å². The summed E-state index contributed by atoms with van der Waals surface area (Å²) >= 11 is 0. The Morgan fingerprint density at radius 2 is 1.97 bits per heavy atom. The van der Waals surface area contributed by atoms with Crippen molar-refractivity contribution in [2.75, 3.05) is 0 Å². The molecule has 0 aliphatic heterocycles. The summed E-state index contributed by atoms with van der Waals surface area (Å²) in [6.07, 6.45) is 3.29. The van der Waals surface area contributed by atoms with Crippen LogP contribution in [0.1, 0.15) is 48.7 Å². The van der Waals surface area contributed by atoms with Gasteiger partial charge in [-0.3, -0.25) is 14.9 Å². The van der Waals surface area contributed by atoms with Crippen LogP contribution in [0.15, 0.2) is 23.1 Å². The van der Waals surface area contributed by atoms with E-state index in [4.69, 9.17) is 4.74 Å². The number of carbonyl (C=O) groups is 1. The molecule has 1 aromatic carbocycles. The fourth-order valence-corrected chi connectivity index (χ4v) is 4.52. The Bertz CT molecular complexity index is 1150. The predicted molar refractivity (Wildman–Crippen MR) is 110 cm³/mol. The van der Waals surface area contributed by atoms with E-state index in [2.05, 4.69) is 15.1 Å². The number of amides is 1. The van der Waals surface area contributed by atoms with Crippen LogP contribution in [-0.4, -0.2) is 41.1 Å². The molecule has 2 aliphatic carbocycles. The highest BCUT2D eigenvalue weighted by Gasteiger charge is 2.32. The van der Waals surface area contributed by atoms with Crippen LogP contribution in [0.4, 0.5) is 5.69 Å². The number of ether oxygens (including phenoxy) is 1. The average molecular weight is 449 g/mol. The second kappa shape index (κ2) is 7.93. The maximum Gasteiger partial charge on any atom is 0.272 e. The monoisotopic (exact) mass is 449 g/mol. The third-order valence-corrected chi connectivity index (χ3v) is 6.63. The minimum Gasteiger partial charge on any atom is -0.438 e. The van der Waals surface area contributed by atoms with Gasteiger partial charge in [0.05, 0.1) is 4.92 Å². The molecular weight excluding hydrogens is 426 g/mol. The summed E-state index contributed by atoms with van der Waals surface area (Å²) in [4.78, 5) is 22.7. The molecule has 0 atom stereocenters. The summed E-state index contributed by atoms with van der Waals surface area (Å²) in [5.74, 6) is -0.185. The van der Waals surface area contributed by atoms with Gasteiger partial charge in [0.25, 0.3) is 11.6 Å². The van der Waals surface area contributed by atoms with Crippen molar-refractivity contribution in [1.82, 2.24) is 19.8 Å². The van der Waals surface area contributed by atoms with Crippen molar-refractivity contribution in [2.24, 2.45) is 0 Å². The molecule has 2 saturated carbocycles. The number of nitrogens with one attached hydrogen (secondary N) is 2. The number of non-ortho nitro benzene ring substituents is 1. The zero-order valence-corrected chi connectivity index (χ0v) is 17.9. The Morgan fingerprint density at radius 1 is 1.29 bits per heavy atom. The van der Waals surface area contributed by atoms with Crippen molar-refractivity contribution >= 4 is 21.6 Å². The van der Waals surface area contributed by atoms with Crippen molar-refractivity contribution in [3.63, 3.8) is 0 Å². The number of sulfonamides is 1. The van der Waals surface area contributed by atoms with Crippen LogP contribution in [-0.2, 0) is 16.6 Å². The van der Waals surface area contributed by atoms with Gasteiger partial charge in [-0.1, -0.05) is 0 Å². The summed E-state index contributed by atoms with van der Waals surface area (Å²) in [5.41, 5.74) is 0.289. The lowest BCUT2D eigenvalue weighted by atomic mass is 10.2. The average Bonchev–Trinajstić information content (AvgIpc) is 3.64. The summed E-state index contributed by atoms with van der Waals surface area (Å²) in [6, 6.07) is 3.37. The Labute approximate surface area is 179 Å². The molecular formula is C19H23N5O6S. The van der Waals surface area contributed by atoms with E-state index in [0.29, 0.717) is 24.9 Å². The molecule has 2 aromatic rings. The molecule has 2 N–H and O–H groups in total. The Kier molecular flexibility index (Phi) is 5.43. The molecule has 12 heteroatoms. The van der Waals surface area contributed by atoms with Gasteiger partial charge in [-0.15, -0.1) is 0 Å². The standard InChI is InChI=1S/C19H23N5O6S/c1-3-23-19(11(2)17(21-23)18(25)20-12-4-5-12)30-15-9-8-14(24(26)27)10-16(15)31(28,29)22-13-6-7-13/h8-10,12-13,22H,3-7H2,1-2H3,(H,20,25). The van der Waals surface area contributed by atoms with E-state index in [-0.39, 0.29) is 45.9 Å². The van der Waals surface area contributed by atoms with E-state index in [9.17, 15) is 23.3 Å². The van der Waals surface area contributed by atoms with Crippen molar-refractivity contribution in [2.45, 2.75) is 63.1 Å². The lowest BCUT2D eigenvalue weighted by molar-refractivity contribution is -0.385. The van der Waals surface area contributed by atoms with Gasteiger partial charge in [0, 0.05) is 36.3 Å². The van der Waals surface area contributed by atoms with E-state index in [1.165, 1.54) is 16.8 Å². The summed E-state index contributed by atoms with van der Waals surface area (Å²) < 4.78 is 35.6. The van der Waals surface area contributed by atoms with Crippen LogP contribution < -0.4 is 14.8 Å². The zero-order valence-electron chi connectivity index (χ0n) is 17.1. The van der Waals surface area contributed by atoms with Crippen LogP contribution in [0.5, 0.6) is 11.6 Å². The van der Waals surface area contributed by atoms with Crippen LogP contribution in [0.3, 0.4) is 0 Å². The number of nitrogens with zero attached hydrogens (tertiary/aromatic N) is 3. The van der Waals surface area contributed by atoms with Gasteiger partial charge >= 0.3 is 0 Å². The fourth-order valence-electron chi connectivity index (χ4n) is 3.07. The van der Waals surface area contributed by atoms with E-state index in [1.807, 2.05) is 6.92 Å². The number of hydrogen-bond acceptors (Lipinski definition) is 7. The van der Waals surface area contributed by atoms with Crippen LogP contribution in [0, 0.1) is 17.0 Å². The maximum atomic E-state index is 12.8. The van der Waals surface area contributed by atoms with E-state index >= 15 is 0 Å². The van der Waals surface area contributed by atoms with Crippen molar-refractivity contribution in [3.05, 3.63) is 39.6 Å². The predicted octanol–water partition coefficient (Wildman–Crippen LogP) is 2.24. The zero-order chi connectivity index (χ0) is 22.3. The van der Waals surface area contributed by atoms with E-state index in [0.717, 1.165) is 18.9 Å². The molecule has 11 nitrogen and oxygen atoms in total. The quantitative estimate of drug-likeness (QED) is 0.441. The first kappa shape index (κ1) is 21.2. The number of benzene rings is 1. The van der Waals surface area contributed by atoms with Gasteiger partial charge in [0.15, 0.2) is 5.69 Å². The lowest BCUT2D eigenvalue weighted by Gasteiger charge is -2.13. The van der Waals surface area contributed by atoms with Crippen LogP contribution >= 0.6 is 0 Å². The minimum atomic E-state index is -4.04. The number of aryl methyl sites for hydroxylation is 1. The number of carbonyl (C=O) groups excluding carboxylic acids is 1. The van der Waals surface area contributed by atoms with Crippen molar-refractivity contribution < 1.29 is 22.9 Å². The molecule has 166 valence electrons. The number of nitro benzene ring substituents is 1. The number of rotatable bonds is 9. The number of nitro groups is 1. The van der Waals surface area contributed by atoms with E-state index in [1.54, 1.807) is 6.92 Å². The molecule has 0 unspecified atom stereocenters. The SMILES string of the molecule is CCn1nc(C(=O)NC2CC2)c(C)c1Oc1ccc([N+](=O)[O-])cc1S(=O)(=O)NC1CC1. The third-order valence-electron chi connectivity index (χ3n) is 5.09. The summed E-state index contributed by atoms with van der Waals surface area (Å²) in [5, 5.41) is 18.4. The molecule has 2 aliphatic rings. The first-order chi connectivity index (χ1) is 14.7. The molecule has 1 aromatic heterocycles. The smallest absolute Gasteiger partial charge is 0.272 e. The molecule has 1 amide bonds. The highest BCUT2D eigenvalue weighted by atomic mass is 32.2. The topological polar surface area (TPSA) is 145 Å². The summed E-state index contributed by atoms with van der Waals surface area (Å²) in [6.45, 7) is 3.85. The number of hydrogen-bond donors (Lipinski definition) is 2. The Balaban J connectivity index is 1.72. The first-order valence-electron chi connectivity index (χ1n) is 10.1. The molecule has 0 bridgehead atoms. The third kappa shape index (κ3) is 4.54. The van der Waals surface area contributed by atoms with Crippen molar-refractivity contribution in [3.8, 4) is 11.6 Å². The molecule has 0 spiro atoms. The lowest BCUT2D eigenvalue weighted by Crippen LogP contribution is -2.26. The van der Waals surface area contributed by atoms with Crippen LogP contribution in [0.25, 0.3) is 0 Å². The van der Waals surface area contributed by atoms with Crippen LogP contribution in [0.2, 0.25) is 0 Å². The Morgan fingerprint density at radius 3 is 2.55 bits per heavy atom. The van der Waals surface area contributed by atoms with Gasteiger partial charge in [-0.05, 0) is 45.6 Å². The van der Waals surface area contributed by atoms with Gasteiger partial charge in [-0.25, -0.2) is 17.8 Å². The molecule has 1 heterocycles. The van der Waals surface area contributed by atoms with Gasteiger partial charge in [0.2, 0.25) is 15.9 Å². The van der Waals surface area contributed by atoms with Gasteiger partial charge in [0.1, 0.15) is 10.6 Å². The highest BCUT2D eigenvalue weighted by Crippen LogP contribution is 2.35. The number of aromatic nitrogens is 2. The van der Waals surface area contributed by atoms with Gasteiger partial charge in [-0.2, -0.15) is 5.10 Å². The van der Waals surface area contributed by atoms with E-state index < -0.39 is 14.9 Å². The molecule has 4 rings (SSSR count). The van der Waals surface area contributed by atoms with Gasteiger partial charge < -0.3 is 10.1 Å². The highest BCUT2D eigenvalue weighted by molar-refractivity contribution is 7.89. The molecule has 2 fully saturated rings. The summed E-state index contributed by atoms with van der Waals surface area (Å²) in [7, 11) is -4.04. The fraction of sp³-hybridized carbons (Fsp3) is 0.474. The normalized spacial score (nSPS) is 16.2. The largest absolute Gasteiger partial charge is 0.438 e. The first-order valence-corrected chi connectivity index (χ1v) is 11.5. The minimum absolute atomic E-state index is 0.0781. The second-order valence-corrected chi connectivity index (χ2v) is 9.41. The molecule has 0 saturated heterocycles. The maximum absolute atomic E-state index is 12.8. The molecule has 0 radical (unpaired) electrons. The Hall–Kier alpha value is -2.99. The molecule has 31 heavy (non-hydrogen) atoms. The second-order valence-electron chi connectivity index (χ2n) is 7.73.